The maximum atomic E-state index is 12.6. The third kappa shape index (κ3) is 4.41. The molecule has 1 N–H and O–H groups in total. The van der Waals surface area contributed by atoms with E-state index in [2.05, 4.69) is 10.4 Å². The zero-order valence-corrected chi connectivity index (χ0v) is 15.4. The number of rotatable bonds is 5. The van der Waals surface area contributed by atoms with Crippen LogP contribution < -0.4 is 5.32 Å². The summed E-state index contributed by atoms with van der Waals surface area (Å²) in [7, 11) is 0. The molecule has 1 aliphatic heterocycles. The molecule has 6 nitrogen and oxygen atoms in total. The van der Waals surface area contributed by atoms with Crippen molar-refractivity contribution in [1.82, 2.24) is 14.7 Å². The minimum atomic E-state index is 0.0330. The molecular weight excluding hydrogens is 316 g/mol. The third-order valence-electron chi connectivity index (χ3n) is 5.36. The lowest BCUT2D eigenvalue weighted by Gasteiger charge is -2.34. The first-order valence-electron chi connectivity index (χ1n) is 9.66. The van der Waals surface area contributed by atoms with Crippen LogP contribution in [0.2, 0.25) is 0 Å². The van der Waals surface area contributed by atoms with Crippen LogP contribution in [0.5, 0.6) is 0 Å². The SMILES string of the molecule is CC(C)CC(=O)Nc1ccnn1C1CCN(C(=O)C2CCCC2)CC1. The Kier molecular flexibility index (Phi) is 5.76. The second-order valence-electron chi connectivity index (χ2n) is 7.85. The van der Waals surface area contributed by atoms with E-state index < -0.39 is 0 Å². The molecule has 3 rings (SSSR count). The van der Waals surface area contributed by atoms with Gasteiger partial charge in [0.2, 0.25) is 11.8 Å². The van der Waals surface area contributed by atoms with Crippen LogP contribution in [0, 0.1) is 11.8 Å². The molecule has 6 heteroatoms. The summed E-state index contributed by atoms with van der Waals surface area (Å²) in [6, 6.07) is 2.10. The van der Waals surface area contributed by atoms with Gasteiger partial charge < -0.3 is 10.2 Å². The van der Waals surface area contributed by atoms with Gasteiger partial charge in [0, 0.05) is 31.5 Å². The molecule has 0 spiro atoms. The normalized spacial score (nSPS) is 19.6. The maximum absolute atomic E-state index is 12.6. The molecule has 138 valence electrons. The Morgan fingerprint density at radius 1 is 1.20 bits per heavy atom. The van der Waals surface area contributed by atoms with E-state index in [0.717, 1.165) is 44.6 Å². The van der Waals surface area contributed by atoms with Crippen molar-refractivity contribution in [3.05, 3.63) is 12.3 Å². The van der Waals surface area contributed by atoms with E-state index in [1.807, 2.05) is 29.5 Å². The van der Waals surface area contributed by atoms with E-state index in [4.69, 9.17) is 0 Å². The summed E-state index contributed by atoms with van der Waals surface area (Å²) < 4.78 is 1.93. The van der Waals surface area contributed by atoms with Crippen LogP contribution in [0.3, 0.4) is 0 Å². The average molecular weight is 346 g/mol. The Labute approximate surface area is 149 Å². The van der Waals surface area contributed by atoms with Gasteiger partial charge in [-0.1, -0.05) is 26.7 Å². The molecule has 1 saturated heterocycles. The first-order valence-corrected chi connectivity index (χ1v) is 9.66. The fourth-order valence-electron chi connectivity index (χ4n) is 4.03. The number of likely N-dealkylation sites (tertiary alicyclic amines) is 1. The van der Waals surface area contributed by atoms with E-state index in [1.54, 1.807) is 6.20 Å². The monoisotopic (exact) mass is 346 g/mol. The summed E-state index contributed by atoms with van der Waals surface area (Å²) in [5, 5.41) is 7.40. The first-order chi connectivity index (χ1) is 12.0. The first kappa shape index (κ1) is 18.0. The number of hydrogen-bond acceptors (Lipinski definition) is 3. The molecule has 0 aromatic carbocycles. The number of anilines is 1. The standard InChI is InChI=1S/C19H30N4O2/c1-14(2)13-18(24)21-17-7-10-20-23(17)16-8-11-22(12-9-16)19(25)15-5-3-4-6-15/h7,10,14-16H,3-6,8-9,11-13H2,1-2H3,(H,21,24). The van der Waals surface area contributed by atoms with E-state index in [1.165, 1.54) is 12.8 Å². The highest BCUT2D eigenvalue weighted by molar-refractivity contribution is 5.89. The lowest BCUT2D eigenvalue weighted by Crippen LogP contribution is -2.42. The fraction of sp³-hybridized carbons (Fsp3) is 0.737. The topological polar surface area (TPSA) is 67.2 Å². The zero-order chi connectivity index (χ0) is 17.8. The van der Waals surface area contributed by atoms with Gasteiger partial charge in [0.15, 0.2) is 0 Å². The minimum Gasteiger partial charge on any atom is -0.342 e. The van der Waals surface area contributed by atoms with Crippen LogP contribution in [0.1, 0.15) is 64.8 Å². The number of nitrogens with one attached hydrogen (secondary N) is 1. The van der Waals surface area contributed by atoms with Crippen molar-refractivity contribution in [3.63, 3.8) is 0 Å². The van der Waals surface area contributed by atoms with Crippen molar-refractivity contribution < 1.29 is 9.59 Å². The third-order valence-corrected chi connectivity index (χ3v) is 5.36. The summed E-state index contributed by atoms with van der Waals surface area (Å²) in [5.74, 6) is 1.74. The summed E-state index contributed by atoms with van der Waals surface area (Å²) >= 11 is 0. The predicted molar refractivity (Wildman–Crippen MR) is 97.1 cm³/mol. The molecule has 1 aliphatic carbocycles. The predicted octanol–water partition coefficient (Wildman–Crippen LogP) is 3.22. The van der Waals surface area contributed by atoms with Crippen molar-refractivity contribution in [2.45, 2.75) is 64.8 Å². The second-order valence-corrected chi connectivity index (χ2v) is 7.85. The highest BCUT2D eigenvalue weighted by Crippen LogP contribution is 2.30. The van der Waals surface area contributed by atoms with E-state index in [-0.39, 0.29) is 17.9 Å². The van der Waals surface area contributed by atoms with Gasteiger partial charge in [-0.15, -0.1) is 0 Å². The molecule has 1 aromatic heterocycles. The Morgan fingerprint density at radius 3 is 2.52 bits per heavy atom. The van der Waals surface area contributed by atoms with E-state index in [0.29, 0.717) is 18.2 Å². The van der Waals surface area contributed by atoms with Gasteiger partial charge in [0.25, 0.3) is 0 Å². The second kappa shape index (κ2) is 8.02. The number of hydrogen-bond donors (Lipinski definition) is 1. The highest BCUT2D eigenvalue weighted by Gasteiger charge is 2.31. The summed E-state index contributed by atoms with van der Waals surface area (Å²) in [5.41, 5.74) is 0. The molecule has 2 aliphatic rings. The molecular formula is C19H30N4O2. The van der Waals surface area contributed by atoms with Crippen LogP contribution in [-0.2, 0) is 9.59 Å². The summed E-state index contributed by atoms with van der Waals surface area (Å²) in [6.45, 7) is 5.65. The van der Waals surface area contributed by atoms with Crippen molar-refractivity contribution >= 4 is 17.6 Å². The number of amides is 2. The van der Waals surface area contributed by atoms with Crippen molar-refractivity contribution in [2.24, 2.45) is 11.8 Å². The van der Waals surface area contributed by atoms with Gasteiger partial charge in [-0.2, -0.15) is 5.10 Å². The quantitative estimate of drug-likeness (QED) is 0.890. The van der Waals surface area contributed by atoms with Crippen LogP contribution >= 0.6 is 0 Å². The molecule has 25 heavy (non-hydrogen) atoms. The Bertz CT molecular complexity index is 596. The minimum absolute atomic E-state index is 0.0330. The fourth-order valence-corrected chi connectivity index (χ4v) is 4.03. The molecule has 1 aromatic rings. The molecule has 0 bridgehead atoms. The smallest absolute Gasteiger partial charge is 0.225 e. The van der Waals surface area contributed by atoms with Crippen LogP contribution in [0.4, 0.5) is 5.82 Å². The van der Waals surface area contributed by atoms with E-state index >= 15 is 0 Å². The largest absolute Gasteiger partial charge is 0.342 e. The maximum Gasteiger partial charge on any atom is 0.225 e. The number of carbonyl (C=O) groups excluding carboxylic acids is 2. The van der Waals surface area contributed by atoms with E-state index in [9.17, 15) is 9.59 Å². The zero-order valence-electron chi connectivity index (χ0n) is 15.4. The lowest BCUT2D eigenvalue weighted by atomic mass is 10.0. The van der Waals surface area contributed by atoms with Crippen molar-refractivity contribution in [1.29, 1.82) is 0 Å². The van der Waals surface area contributed by atoms with Crippen LogP contribution in [0.15, 0.2) is 12.3 Å². The van der Waals surface area contributed by atoms with Crippen LogP contribution in [-0.4, -0.2) is 39.6 Å². The van der Waals surface area contributed by atoms with Gasteiger partial charge >= 0.3 is 0 Å². The Morgan fingerprint density at radius 2 is 1.88 bits per heavy atom. The number of carbonyl (C=O) groups is 2. The highest BCUT2D eigenvalue weighted by atomic mass is 16.2. The summed E-state index contributed by atoms with van der Waals surface area (Å²) in [4.78, 5) is 26.6. The molecule has 2 amide bonds. The summed E-state index contributed by atoms with van der Waals surface area (Å²) in [6.07, 6.45) is 8.55. The number of aromatic nitrogens is 2. The average Bonchev–Trinajstić information content (AvgIpc) is 3.25. The van der Waals surface area contributed by atoms with Gasteiger partial charge in [-0.05, 0) is 31.6 Å². The molecule has 0 radical (unpaired) electrons. The molecule has 0 unspecified atom stereocenters. The number of nitrogens with zero attached hydrogens (tertiary/aromatic N) is 3. The number of piperidine rings is 1. The van der Waals surface area contributed by atoms with Crippen LogP contribution in [0.25, 0.3) is 0 Å². The van der Waals surface area contributed by atoms with Gasteiger partial charge in [-0.25, -0.2) is 4.68 Å². The van der Waals surface area contributed by atoms with Gasteiger partial charge in [0.1, 0.15) is 5.82 Å². The Hall–Kier alpha value is -1.85. The lowest BCUT2D eigenvalue weighted by molar-refractivity contribution is -0.136. The molecule has 2 heterocycles. The van der Waals surface area contributed by atoms with Gasteiger partial charge in [-0.3, -0.25) is 9.59 Å². The van der Waals surface area contributed by atoms with Crippen molar-refractivity contribution in [2.75, 3.05) is 18.4 Å². The molecule has 1 saturated carbocycles. The van der Waals surface area contributed by atoms with Gasteiger partial charge in [0.05, 0.1) is 12.2 Å². The Balaban J connectivity index is 1.55. The van der Waals surface area contributed by atoms with Crippen molar-refractivity contribution in [3.8, 4) is 0 Å². The molecule has 2 fully saturated rings. The molecule has 0 atom stereocenters.